The van der Waals surface area contributed by atoms with E-state index in [9.17, 15) is 9.59 Å². The van der Waals surface area contributed by atoms with Crippen molar-refractivity contribution in [2.75, 3.05) is 0 Å². The van der Waals surface area contributed by atoms with Gasteiger partial charge in [0.2, 0.25) is 0 Å². The molecule has 0 bridgehead atoms. The molecule has 0 saturated heterocycles. The Kier molecular flexibility index (Phi) is 11.7. The number of carboxylic acids is 2. The average Bonchev–Trinajstić information content (AvgIpc) is 1.52. The van der Waals surface area contributed by atoms with Crippen LogP contribution in [0.25, 0.3) is 0 Å². The van der Waals surface area contributed by atoms with Crippen LogP contribution >= 0.6 is 7.82 Å². The SMILES string of the molecule is O=C(O)CC(=O)O.O=P(O)(O)O.[H-].[Li+]. The van der Waals surface area contributed by atoms with Crippen molar-refractivity contribution >= 4 is 19.8 Å². The zero-order chi connectivity index (χ0) is 10.4. The predicted molar refractivity (Wildman–Crippen MR) is 35.3 cm³/mol. The first-order chi connectivity index (χ1) is 5.13. The van der Waals surface area contributed by atoms with Gasteiger partial charge in [-0.05, 0) is 0 Å². The van der Waals surface area contributed by atoms with Crippen LogP contribution in [0.15, 0.2) is 0 Å². The number of aliphatic carboxylic acids is 2. The molecule has 0 aromatic carbocycles. The zero-order valence-electron chi connectivity index (χ0n) is 7.62. The van der Waals surface area contributed by atoms with Crippen LogP contribution in [0.5, 0.6) is 0 Å². The molecule has 0 heterocycles. The molecule has 74 valence electrons. The largest absolute Gasteiger partial charge is 1.00 e. The van der Waals surface area contributed by atoms with E-state index in [2.05, 4.69) is 0 Å². The maximum Gasteiger partial charge on any atom is 1.00 e. The summed E-state index contributed by atoms with van der Waals surface area (Å²) < 4.78 is 8.88. The van der Waals surface area contributed by atoms with Crippen LogP contribution in [0.3, 0.4) is 0 Å². The van der Waals surface area contributed by atoms with Gasteiger partial charge in [0, 0.05) is 0 Å². The molecule has 0 amide bonds. The van der Waals surface area contributed by atoms with E-state index in [-0.39, 0.29) is 20.3 Å². The summed E-state index contributed by atoms with van der Waals surface area (Å²) in [6.07, 6.45) is -0.806. The summed E-state index contributed by atoms with van der Waals surface area (Å²) in [5.74, 6) is -2.62. The van der Waals surface area contributed by atoms with E-state index in [0.29, 0.717) is 0 Å². The van der Waals surface area contributed by atoms with Gasteiger partial charge in [0.15, 0.2) is 0 Å². The maximum atomic E-state index is 9.43. The Morgan fingerprint density at radius 3 is 1.23 bits per heavy atom. The van der Waals surface area contributed by atoms with Crippen molar-refractivity contribution in [2.24, 2.45) is 0 Å². The Labute approximate surface area is 86.1 Å². The number of phosphoric acid groups is 1. The summed E-state index contributed by atoms with van der Waals surface area (Å²) in [6.45, 7) is 0. The van der Waals surface area contributed by atoms with E-state index in [1.54, 1.807) is 0 Å². The number of carboxylic acid groups (broad SMARTS) is 2. The van der Waals surface area contributed by atoms with Crippen molar-refractivity contribution < 1.29 is 59.3 Å². The molecule has 13 heavy (non-hydrogen) atoms. The van der Waals surface area contributed by atoms with Gasteiger partial charge in [0.05, 0.1) is 0 Å². The summed E-state index contributed by atoms with van der Waals surface area (Å²) >= 11 is 0. The molecule has 8 nitrogen and oxygen atoms in total. The van der Waals surface area contributed by atoms with E-state index in [1.807, 2.05) is 0 Å². The summed E-state index contributed by atoms with van der Waals surface area (Å²) in [7, 11) is -4.64. The van der Waals surface area contributed by atoms with E-state index >= 15 is 0 Å². The number of hydrogen-bond acceptors (Lipinski definition) is 3. The summed E-state index contributed by atoms with van der Waals surface area (Å²) in [4.78, 5) is 40.4. The Morgan fingerprint density at radius 2 is 1.23 bits per heavy atom. The van der Waals surface area contributed by atoms with E-state index in [4.69, 9.17) is 29.5 Å². The second kappa shape index (κ2) is 8.25. The predicted octanol–water partition coefficient (Wildman–Crippen LogP) is -4.27. The van der Waals surface area contributed by atoms with Crippen molar-refractivity contribution in [1.82, 2.24) is 0 Å². The van der Waals surface area contributed by atoms with Crippen LogP contribution < -0.4 is 18.9 Å². The van der Waals surface area contributed by atoms with Crippen molar-refractivity contribution in [3.63, 3.8) is 0 Å². The topological polar surface area (TPSA) is 152 Å². The van der Waals surface area contributed by atoms with Gasteiger partial charge >= 0.3 is 38.6 Å². The molecule has 0 aliphatic carbocycles. The van der Waals surface area contributed by atoms with Crippen LogP contribution in [0.4, 0.5) is 0 Å². The molecule has 10 heteroatoms. The molecule has 0 aromatic heterocycles. The van der Waals surface area contributed by atoms with Gasteiger partial charge in [0.1, 0.15) is 6.42 Å². The minimum absolute atomic E-state index is 0. The first-order valence-corrected chi connectivity index (χ1v) is 3.91. The van der Waals surface area contributed by atoms with Gasteiger partial charge in [-0.15, -0.1) is 0 Å². The molecular formula is C3H8LiO8P. The third-order valence-electron chi connectivity index (χ3n) is 0.302. The molecule has 0 unspecified atom stereocenters. The maximum absolute atomic E-state index is 9.43. The van der Waals surface area contributed by atoms with Crippen molar-refractivity contribution in [3.05, 3.63) is 0 Å². The summed E-state index contributed by atoms with van der Waals surface area (Å²) in [6, 6.07) is 0. The fourth-order valence-corrected chi connectivity index (χ4v) is 0.129. The molecule has 0 rings (SSSR count). The fourth-order valence-electron chi connectivity index (χ4n) is 0.129. The van der Waals surface area contributed by atoms with Crippen LogP contribution in [-0.2, 0) is 14.2 Å². The van der Waals surface area contributed by atoms with Gasteiger partial charge in [-0.25, -0.2) is 4.57 Å². The number of hydrogen-bond donors (Lipinski definition) is 5. The van der Waals surface area contributed by atoms with E-state index in [0.717, 1.165) is 0 Å². The third kappa shape index (κ3) is 81.5. The Bertz CT molecular complexity index is 192. The third-order valence-corrected chi connectivity index (χ3v) is 0.302. The fraction of sp³-hybridized carbons (Fsp3) is 0.333. The quantitative estimate of drug-likeness (QED) is 0.174. The Morgan fingerprint density at radius 1 is 1.08 bits per heavy atom. The summed E-state index contributed by atoms with van der Waals surface area (Å²) in [5.41, 5.74) is 0. The minimum atomic E-state index is -4.64. The average molecular weight is 210 g/mol. The van der Waals surface area contributed by atoms with Crippen molar-refractivity contribution in [1.29, 1.82) is 0 Å². The van der Waals surface area contributed by atoms with Gasteiger partial charge < -0.3 is 26.3 Å². The van der Waals surface area contributed by atoms with Gasteiger partial charge in [0.25, 0.3) is 0 Å². The van der Waals surface area contributed by atoms with Crippen LogP contribution in [0.2, 0.25) is 0 Å². The number of carbonyl (C=O) groups is 2. The molecule has 0 radical (unpaired) electrons. The molecule has 0 saturated carbocycles. The van der Waals surface area contributed by atoms with Crippen molar-refractivity contribution in [3.8, 4) is 0 Å². The molecule has 0 aromatic rings. The monoisotopic (exact) mass is 210 g/mol. The molecule has 0 spiro atoms. The van der Waals surface area contributed by atoms with Gasteiger partial charge in [-0.2, -0.15) is 0 Å². The van der Waals surface area contributed by atoms with E-state index < -0.39 is 26.2 Å². The Balaban J connectivity index is -0.0000000651. The summed E-state index contributed by atoms with van der Waals surface area (Å²) in [5, 5.41) is 15.4. The molecule has 0 atom stereocenters. The normalized spacial score (nSPS) is 8.85. The van der Waals surface area contributed by atoms with Crippen LogP contribution in [-0.4, -0.2) is 36.8 Å². The second-order valence-electron chi connectivity index (χ2n) is 1.48. The van der Waals surface area contributed by atoms with Gasteiger partial charge in [-0.3, -0.25) is 9.59 Å². The second-order valence-corrected chi connectivity index (χ2v) is 2.50. The van der Waals surface area contributed by atoms with Crippen LogP contribution in [0, 0.1) is 0 Å². The molecule has 0 aliphatic rings. The number of rotatable bonds is 2. The molecule has 5 N–H and O–H groups in total. The molecule has 0 aliphatic heterocycles. The molecular weight excluding hydrogens is 202 g/mol. The van der Waals surface area contributed by atoms with Crippen molar-refractivity contribution in [2.45, 2.75) is 6.42 Å². The standard InChI is InChI=1S/C3H4O4.Li.H3O4P.H/c4-2(5)1-3(6)7;;1-5(2,3)4;/h1H2,(H,4,5)(H,6,7);;(H3,1,2,3,4);/q;+1;;-1. The smallest absolute Gasteiger partial charge is 1.00 e. The van der Waals surface area contributed by atoms with Gasteiger partial charge in [-0.1, -0.05) is 0 Å². The minimum Gasteiger partial charge on any atom is -1.00 e. The zero-order valence-corrected chi connectivity index (χ0v) is 7.51. The van der Waals surface area contributed by atoms with Crippen LogP contribution in [0.1, 0.15) is 7.85 Å². The molecule has 0 fully saturated rings. The van der Waals surface area contributed by atoms with E-state index in [1.165, 1.54) is 0 Å². The Hall–Kier alpha value is -0.353. The first kappa shape index (κ1) is 18.4. The first-order valence-electron chi connectivity index (χ1n) is 2.35.